The van der Waals surface area contributed by atoms with E-state index in [0.717, 1.165) is 43.6 Å². The number of carbonyl (C=O) groups is 2. The fourth-order valence-corrected chi connectivity index (χ4v) is 3.06. The van der Waals surface area contributed by atoms with Crippen molar-refractivity contribution in [3.63, 3.8) is 0 Å². The van der Waals surface area contributed by atoms with Gasteiger partial charge in [-0.25, -0.2) is 0 Å². The number of ether oxygens (including phenoxy) is 2. The molecule has 0 saturated heterocycles. The standard InChI is InChI=1S/C25H34N2O4/c1-20(28)26-16-3-6-22-8-12-24(13-9-22)30-18-5-19-31-25-14-10-23(11-15-25)7-4-17-27-21(2)29/h8-15H,3-7,16-19H2,1-2H3,(H,26,28)(H,27,29). The second-order valence-corrected chi connectivity index (χ2v) is 7.51. The first-order chi connectivity index (χ1) is 15.0. The largest absolute Gasteiger partial charge is 0.493 e. The molecule has 0 aliphatic carbocycles. The van der Waals surface area contributed by atoms with E-state index in [2.05, 4.69) is 34.9 Å². The van der Waals surface area contributed by atoms with Gasteiger partial charge in [-0.3, -0.25) is 9.59 Å². The van der Waals surface area contributed by atoms with Crippen LogP contribution in [0.3, 0.4) is 0 Å². The molecule has 0 spiro atoms. The molecule has 0 radical (unpaired) electrons. The van der Waals surface area contributed by atoms with Crippen molar-refractivity contribution in [3.05, 3.63) is 59.7 Å². The van der Waals surface area contributed by atoms with E-state index in [1.807, 2.05) is 24.3 Å². The Bertz CT molecular complexity index is 721. The van der Waals surface area contributed by atoms with Crippen molar-refractivity contribution in [2.75, 3.05) is 26.3 Å². The topological polar surface area (TPSA) is 76.7 Å². The van der Waals surface area contributed by atoms with Crippen LogP contribution in [0.25, 0.3) is 0 Å². The van der Waals surface area contributed by atoms with Gasteiger partial charge < -0.3 is 20.1 Å². The molecular weight excluding hydrogens is 392 g/mol. The summed E-state index contributed by atoms with van der Waals surface area (Å²) in [6.07, 6.45) is 4.52. The minimum atomic E-state index is 0.0139. The summed E-state index contributed by atoms with van der Waals surface area (Å²) in [5, 5.41) is 5.61. The van der Waals surface area contributed by atoms with E-state index in [1.165, 1.54) is 25.0 Å². The Morgan fingerprint density at radius 2 is 1.03 bits per heavy atom. The minimum Gasteiger partial charge on any atom is -0.493 e. The molecule has 2 aromatic rings. The minimum absolute atomic E-state index is 0.0139. The maximum Gasteiger partial charge on any atom is 0.216 e. The molecule has 6 nitrogen and oxygen atoms in total. The van der Waals surface area contributed by atoms with Crippen LogP contribution in [0.5, 0.6) is 11.5 Å². The van der Waals surface area contributed by atoms with Crippen LogP contribution in [-0.4, -0.2) is 38.1 Å². The van der Waals surface area contributed by atoms with Gasteiger partial charge in [-0.1, -0.05) is 24.3 Å². The lowest BCUT2D eigenvalue weighted by molar-refractivity contribution is -0.119. The van der Waals surface area contributed by atoms with Crippen LogP contribution in [0.15, 0.2) is 48.5 Å². The van der Waals surface area contributed by atoms with E-state index in [9.17, 15) is 9.59 Å². The highest BCUT2D eigenvalue weighted by molar-refractivity contribution is 5.73. The third kappa shape index (κ3) is 11.1. The second-order valence-electron chi connectivity index (χ2n) is 7.51. The van der Waals surface area contributed by atoms with Crippen molar-refractivity contribution in [2.24, 2.45) is 0 Å². The van der Waals surface area contributed by atoms with Crippen LogP contribution < -0.4 is 20.1 Å². The molecule has 0 atom stereocenters. The smallest absolute Gasteiger partial charge is 0.216 e. The highest BCUT2D eigenvalue weighted by atomic mass is 16.5. The van der Waals surface area contributed by atoms with Crippen molar-refractivity contribution in [1.29, 1.82) is 0 Å². The fourth-order valence-electron chi connectivity index (χ4n) is 3.06. The van der Waals surface area contributed by atoms with E-state index in [4.69, 9.17) is 9.47 Å². The molecule has 2 aromatic carbocycles. The molecule has 168 valence electrons. The quantitative estimate of drug-likeness (QED) is 0.452. The Morgan fingerprint density at radius 1 is 0.645 bits per heavy atom. The molecule has 0 saturated carbocycles. The number of amides is 2. The van der Waals surface area contributed by atoms with Crippen LogP contribution in [0.4, 0.5) is 0 Å². The van der Waals surface area contributed by atoms with Crippen molar-refractivity contribution in [2.45, 2.75) is 46.0 Å². The van der Waals surface area contributed by atoms with Crippen molar-refractivity contribution in [3.8, 4) is 11.5 Å². The van der Waals surface area contributed by atoms with E-state index in [1.54, 1.807) is 0 Å². The average Bonchev–Trinajstić information content (AvgIpc) is 2.76. The van der Waals surface area contributed by atoms with E-state index in [0.29, 0.717) is 26.3 Å². The van der Waals surface area contributed by atoms with Gasteiger partial charge in [0.15, 0.2) is 0 Å². The van der Waals surface area contributed by atoms with E-state index >= 15 is 0 Å². The Balaban J connectivity index is 1.56. The van der Waals surface area contributed by atoms with Gasteiger partial charge in [0.1, 0.15) is 11.5 Å². The van der Waals surface area contributed by atoms with E-state index in [-0.39, 0.29) is 11.8 Å². The lowest BCUT2D eigenvalue weighted by Crippen LogP contribution is -2.21. The van der Waals surface area contributed by atoms with Gasteiger partial charge in [-0.05, 0) is 61.1 Å². The molecule has 31 heavy (non-hydrogen) atoms. The zero-order valence-electron chi connectivity index (χ0n) is 18.6. The number of carbonyl (C=O) groups excluding carboxylic acids is 2. The maximum absolute atomic E-state index is 10.9. The molecule has 0 heterocycles. The third-order valence-electron chi connectivity index (χ3n) is 4.71. The molecule has 0 unspecified atom stereocenters. The fraction of sp³-hybridized carbons (Fsp3) is 0.440. The molecule has 2 rings (SSSR count). The average molecular weight is 427 g/mol. The second kappa shape index (κ2) is 14.1. The number of nitrogens with one attached hydrogen (secondary N) is 2. The first kappa shape index (κ1) is 24.3. The molecule has 0 aliphatic heterocycles. The lowest BCUT2D eigenvalue weighted by atomic mass is 10.1. The molecule has 2 amide bonds. The normalized spacial score (nSPS) is 10.4. The summed E-state index contributed by atoms with van der Waals surface area (Å²) in [6, 6.07) is 16.2. The molecule has 6 heteroatoms. The summed E-state index contributed by atoms with van der Waals surface area (Å²) in [4.78, 5) is 21.7. The van der Waals surface area contributed by atoms with Gasteiger partial charge in [-0.2, -0.15) is 0 Å². The number of aryl methyl sites for hydroxylation is 2. The van der Waals surface area contributed by atoms with Gasteiger partial charge in [0.2, 0.25) is 11.8 Å². The van der Waals surface area contributed by atoms with Crippen LogP contribution in [-0.2, 0) is 22.4 Å². The predicted octanol–water partition coefficient (Wildman–Crippen LogP) is 3.67. The Kier molecular flexibility index (Phi) is 11.0. The van der Waals surface area contributed by atoms with Gasteiger partial charge >= 0.3 is 0 Å². The Labute approximate surface area is 185 Å². The van der Waals surface area contributed by atoms with Crippen molar-refractivity contribution >= 4 is 11.8 Å². The molecule has 0 aromatic heterocycles. The summed E-state index contributed by atoms with van der Waals surface area (Å²) in [5.41, 5.74) is 2.47. The lowest BCUT2D eigenvalue weighted by Gasteiger charge is -2.09. The van der Waals surface area contributed by atoms with Crippen LogP contribution in [0, 0.1) is 0 Å². The highest BCUT2D eigenvalue weighted by Crippen LogP contribution is 2.15. The molecule has 0 aliphatic rings. The zero-order chi connectivity index (χ0) is 22.3. The third-order valence-corrected chi connectivity index (χ3v) is 4.71. The van der Waals surface area contributed by atoms with Crippen LogP contribution in [0.2, 0.25) is 0 Å². The maximum atomic E-state index is 10.9. The number of benzene rings is 2. The molecule has 0 bridgehead atoms. The number of hydrogen-bond acceptors (Lipinski definition) is 4. The van der Waals surface area contributed by atoms with Crippen LogP contribution >= 0.6 is 0 Å². The summed E-state index contributed by atoms with van der Waals surface area (Å²) >= 11 is 0. The first-order valence-electron chi connectivity index (χ1n) is 11.0. The zero-order valence-corrected chi connectivity index (χ0v) is 18.6. The summed E-state index contributed by atoms with van der Waals surface area (Å²) in [6.45, 7) is 5.68. The number of hydrogen-bond donors (Lipinski definition) is 2. The Morgan fingerprint density at radius 3 is 1.39 bits per heavy atom. The van der Waals surface area contributed by atoms with Gasteiger partial charge in [0.05, 0.1) is 13.2 Å². The Hall–Kier alpha value is -3.02. The van der Waals surface area contributed by atoms with Gasteiger partial charge in [0.25, 0.3) is 0 Å². The monoisotopic (exact) mass is 426 g/mol. The molecular formula is C25H34N2O4. The van der Waals surface area contributed by atoms with Crippen molar-refractivity contribution in [1.82, 2.24) is 10.6 Å². The predicted molar refractivity (Wildman–Crippen MR) is 123 cm³/mol. The summed E-state index contributed by atoms with van der Waals surface area (Å²) in [5.74, 6) is 1.74. The SMILES string of the molecule is CC(=O)NCCCc1ccc(OCCCOc2ccc(CCCNC(C)=O)cc2)cc1. The van der Waals surface area contributed by atoms with Crippen molar-refractivity contribution < 1.29 is 19.1 Å². The highest BCUT2D eigenvalue weighted by Gasteiger charge is 2.00. The summed E-state index contributed by atoms with van der Waals surface area (Å²) in [7, 11) is 0. The van der Waals surface area contributed by atoms with E-state index < -0.39 is 0 Å². The van der Waals surface area contributed by atoms with Gasteiger partial charge in [-0.15, -0.1) is 0 Å². The van der Waals surface area contributed by atoms with Crippen LogP contribution in [0.1, 0.15) is 44.2 Å². The first-order valence-corrected chi connectivity index (χ1v) is 11.0. The molecule has 0 fully saturated rings. The molecule has 2 N–H and O–H groups in total. The summed E-state index contributed by atoms with van der Waals surface area (Å²) < 4.78 is 11.6. The van der Waals surface area contributed by atoms with Gasteiger partial charge in [0, 0.05) is 33.4 Å². The number of rotatable bonds is 14.